The van der Waals surface area contributed by atoms with Gasteiger partial charge in [0.2, 0.25) is 11.8 Å². The van der Waals surface area contributed by atoms with Crippen molar-refractivity contribution >= 4 is 46.4 Å². The summed E-state index contributed by atoms with van der Waals surface area (Å²) < 4.78 is 0. The van der Waals surface area contributed by atoms with E-state index in [1.807, 2.05) is 12.1 Å². The maximum absolute atomic E-state index is 12.5. The van der Waals surface area contributed by atoms with Gasteiger partial charge in [-0.2, -0.15) is 0 Å². The van der Waals surface area contributed by atoms with E-state index in [0.717, 1.165) is 31.2 Å². The van der Waals surface area contributed by atoms with Gasteiger partial charge in [-0.3, -0.25) is 19.7 Å². The Morgan fingerprint density at radius 3 is 2.05 bits per heavy atom. The Balaban J connectivity index is 1.62. The summed E-state index contributed by atoms with van der Waals surface area (Å²) in [4.78, 5) is 36.6. The smallest absolute Gasteiger partial charge is 0.257 e. The number of thiocarbonyl (C=S) groups is 1. The van der Waals surface area contributed by atoms with E-state index in [9.17, 15) is 19.5 Å². The van der Waals surface area contributed by atoms with Gasteiger partial charge < -0.3 is 26.2 Å². The normalized spacial score (nSPS) is 11.8. The monoisotopic (exact) mass is 584 g/mol. The molecule has 1 atom stereocenters. The Morgan fingerprint density at radius 2 is 1.44 bits per heavy atom. The van der Waals surface area contributed by atoms with E-state index < -0.39 is 6.10 Å². The number of nitrogens with one attached hydrogen (secondary N) is 4. The highest BCUT2D eigenvalue weighted by Gasteiger charge is 2.15. The van der Waals surface area contributed by atoms with Gasteiger partial charge in [0.25, 0.3) is 5.91 Å². The lowest BCUT2D eigenvalue weighted by molar-refractivity contribution is -0.129. The fourth-order valence-corrected chi connectivity index (χ4v) is 4.20. The minimum absolute atomic E-state index is 0.00723. The average molecular weight is 585 g/mol. The van der Waals surface area contributed by atoms with Crippen LogP contribution in [0.2, 0.25) is 0 Å². The maximum atomic E-state index is 12.5. The van der Waals surface area contributed by atoms with Crippen LogP contribution >= 0.6 is 12.2 Å². The van der Waals surface area contributed by atoms with Crippen LogP contribution in [0.1, 0.15) is 88.1 Å². The number of unbranched alkanes of at least 4 members (excludes halogenated alkanes) is 4. The third-order valence-electron chi connectivity index (χ3n) is 6.48. The fourth-order valence-electron chi connectivity index (χ4n) is 3.99. The molecule has 2 aromatic carbocycles. The van der Waals surface area contributed by atoms with Crippen LogP contribution in [-0.4, -0.2) is 52.3 Å². The minimum Gasteiger partial charge on any atom is -0.396 e. The summed E-state index contributed by atoms with van der Waals surface area (Å²) in [5.41, 5.74) is 3.01. The summed E-state index contributed by atoms with van der Waals surface area (Å²) in [6, 6.07) is 14.5. The molecule has 0 aliphatic heterocycles. The van der Waals surface area contributed by atoms with Gasteiger partial charge in [0.1, 0.15) is 6.10 Å². The number of hydrogen-bond donors (Lipinski definition) is 6. The van der Waals surface area contributed by atoms with Crippen molar-refractivity contribution in [2.75, 3.05) is 23.8 Å². The number of carbonyl (C=O) groups excluding carboxylic acids is 3. The Morgan fingerprint density at radius 1 is 0.829 bits per heavy atom. The van der Waals surface area contributed by atoms with Crippen molar-refractivity contribution in [1.29, 1.82) is 0 Å². The Bertz CT molecular complexity index is 1130. The Hall–Kier alpha value is -3.34. The van der Waals surface area contributed by atoms with Gasteiger partial charge >= 0.3 is 0 Å². The molecule has 10 heteroatoms. The lowest BCUT2D eigenvalue weighted by Gasteiger charge is -2.19. The van der Waals surface area contributed by atoms with Crippen LogP contribution in [0.4, 0.5) is 11.4 Å². The number of anilines is 2. The number of benzene rings is 2. The molecule has 0 bridgehead atoms. The van der Waals surface area contributed by atoms with E-state index in [1.165, 1.54) is 0 Å². The van der Waals surface area contributed by atoms with Gasteiger partial charge in [0, 0.05) is 36.5 Å². The first-order valence-corrected chi connectivity index (χ1v) is 14.6. The number of amides is 3. The van der Waals surface area contributed by atoms with Crippen LogP contribution < -0.4 is 21.3 Å². The summed E-state index contributed by atoms with van der Waals surface area (Å²) in [5, 5.41) is 29.9. The van der Waals surface area contributed by atoms with Crippen molar-refractivity contribution in [2.24, 2.45) is 0 Å². The van der Waals surface area contributed by atoms with Crippen molar-refractivity contribution in [3.05, 3.63) is 59.7 Å². The number of aliphatic hydroxyl groups excluding tert-OH is 2. The van der Waals surface area contributed by atoms with Crippen molar-refractivity contribution in [3.8, 4) is 0 Å². The first-order chi connectivity index (χ1) is 19.5. The predicted octanol–water partition coefficient (Wildman–Crippen LogP) is 4.64. The third kappa shape index (κ3) is 13.2. The quantitative estimate of drug-likeness (QED) is 0.132. The standard InChI is InChI=1S/C31H44N4O5S/c1-31(2,3)23-14-12-22(13-15-23)28(39)35-30(41)34-25-18-16-24(17-19-25)33-27(38)11-6-4-5-8-20-32-29(40)26(37)10-7-9-21-36/h12-19,26,36-37H,4-11,20-21H2,1-3H3,(H,32,40)(H,33,38)(H2,34,35,39,41). The second-order valence-electron chi connectivity index (χ2n) is 11.1. The highest BCUT2D eigenvalue weighted by molar-refractivity contribution is 7.80. The molecule has 2 rings (SSSR count). The maximum Gasteiger partial charge on any atom is 0.257 e. The van der Waals surface area contributed by atoms with Gasteiger partial charge in [0.15, 0.2) is 5.11 Å². The third-order valence-corrected chi connectivity index (χ3v) is 6.69. The van der Waals surface area contributed by atoms with Crippen LogP contribution in [0.3, 0.4) is 0 Å². The molecular weight excluding hydrogens is 540 g/mol. The van der Waals surface area contributed by atoms with Crippen LogP contribution in [-0.2, 0) is 15.0 Å². The fraction of sp³-hybridized carbons (Fsp3) is 0.484. The van der Waals surface area contributed by atoms with E-state index in [2.05, 4.69) is 42.0 Å². The number of aliphatic hydroxyl groups is 2. The zero-order valence-corrected chi connectivity index (χ0v) is 25.1. The molecule has 0 spiro atoms. The molecule has 2 aromatic rings. The Kier molecular flexibility index (Phi) is 14.4. The number of carbonyl (C=O) groups is 3. The highest BCUT2D eigenvalue weighted by atomic mass is 32.1. The largest absolute Gasteiger partial charge is 0.396 e. The molecule has 0 saturated heterocycles. The van der Waals surface area contributed by atoms with Crippen LogP contribution in [0.15, 0.2) is 48.5 Å². The van der Waals surface area contributed by atoms with E-state index in [0.29, 0.717) is 49.2 Å². The van der Waals surface area contributed by atoms with Gasteiger partial charge in [-0.05, 0) is 91.7 Å². The van der Waals surface area contributed by atoms with Crippen LogP contribution in [0.25, 0.3) is 0 Å². The summed E-state index contributed by atoms with van der Waals surface area (Å²) >= 11 is 5.28. The SMILES string of the molecule is CC(C)(C)c1ccc(C(=O)NC(=S)Nc2ccc(NC(=O)CCCCCCNC(=O)C(O)CCCCO)cc2)cc1. The molecule has 0 aromatic heterocycles. The topological polar surface area (TPSA) is 140 Å². The molecule has 224 valence electrons. The molecule has 41 heavy (non-hydrogen) atoms. The van der Waals surface area contributed by atoms with E-state index in [1.54, 1.807) is 36.4 Å². The molecule has 0 aliphatic rings. The molecule has 0 saturated carbocycles. The van der Waals surface area contributed by atoms with Gasteiger partial charge in [-0.1, -0.05) is 45.7 Å². The predicted molar refractivity (Wildman–Crippen MR) is 167 cm³/mol. The molecule has 0 radical (unpaired) electrons. The summed E-state index contributed by atoms with van der Waals surface area (Å²) in [7, 11) is 0. The van der Waals surface area contributed by atoms with E-state index in [4.69, 9.17) is 17.3 Å². The molecule has 0 aliphatic carbocycles. The molecule has 9 nitrogen and oxygen atoms in total. The molecule has 3 amide bonds. The highest BCUT2D eigenvalue weighted by Crippen LogP contribution is 2.22. The van der Waals surface area contributed by atoms with Gasteiger partial charge in [-0.25, -0.2) is 0 Å². The molecular formula is C31H44N4O5S. The van der Waals surface area contributed by atoms with Crippen molar-refractivity contribution in [2.45, 2.75) is 83.7 Å². The van der Waals surface area contributed by atoms with Crippen molar-refractivity contribution in [1.82, 2.24) is 10.6 Å². The lowest BCUT2D eigenvalue weighted by Crippen LogP contribution is -2.35. The van der Waals surface area contributed by atoms with E-state index in [-0.39, 0.29) is 34.9 Å². The van der Waals surface area contributed by atoms with Crippen LogP contribution in [0.5, 0.6) is 0 Å². The molecule has 0 fully saturated rings. The second kappa shape index (κ2) is 17.5. The first kappa shape index (κ1) is 33.9. The second-order valence-corrected chi connectivity index (χ2v) is 11.5. The Labute approximate surface area is 248 Å². The average Bonchev–Trinajstić information content (AvgIpc) is 2.93. The van der Waals surface area contributed by atoms with Crippen molar-refractivity contribution in [3.63, 3.8) is 0 Å². The zero-order valence-electron chi connectivity index (χ0n) is 24.3. The lowest BCUT2D eigenvalue weighted by atomic mass is 9.87. The minimum atomic E-state index is -1.03. The molecule has 6 N–H and O–H groups in total. The summed E-state index contributed by atoms with van der Waals surface area (Å²) in [6.45, 7) is 6.89. The summed E-state index contributed by atoms with van der Waals surface area (Å²) in [5.74, 6) is -0.747. The van der Waals surface area contributed by atoms with Gasteiger partial charge in [-0.15, -0.1) is 0 Å². The molecule has 1 unspecified atom stereocenters. The number of hydrogen-bond acceptors (Lipinski definition) is 6. The van der Waals surface area contributed by atoms with E-state index >= 15 is 0 Å². The molecule has 0 heterocycles. The summed E-state index contributed by atoms with van der Waals surface area (Å²) in [6.07, 6.45) is 4.12. The van der Waals surface area contributed by atoms with Crippen LogP contribution in [0, 0.1) is 0 Å². The number of rotatable bonds is 15. The first-order valence-electron chi connectivity index (χ1n) is 14.2. The van der Waals surface area contributed by atoms with Crippen molar-refractivity contribution < 1.29 is 24.6 Å². The zero-order chi connectivity index (χ0) is 30.3. The van der Waals surface area contributed by atoms with Gasteiger partial charge in [0.05, 0.1) is 0 Å².